The van der Waals surface area contributed by atoms with Crippen LogP contribution in [0.5, 0.6) is 0 Å². The molecule has 0 spiro atoms. The van der Waals surface area contributed by atoms with Crippen molar-refractivity contribution in [1.29, 1.82) is 0 Å². The summed E-state index contributed by atoms with van der Waals surface area (Å²) in [5.74, 6) is 0.688. The van der Waals surface area contributed by atoms with Crippen LogP contribution in [0.1, 0.15) is 24.2 Å². The summed E-state index contributed by atoms with van der Waals surface area (Å²) in [6, 6.07) is 3.90. The molecule has 1 aliphatic heterocycles. The SMILES string of the molecule is CCN(CC)C(=O)c1cnn(C)c1-c1ccn2nc(N3CCOCC3)nc2c1.NC=O. The fourth-order valence-electron chi connectivity index (χ4n) is 3.53. The van der Waals surface area contributed by atoms with E-state index in [-0.39, 0.29) is 12.3 Å². The van der Waals surface area contributed by atoms with E-state index >= 15 is 0 Å². The molecule has 4 rings (SSSR count). The van der Waals surface area contributed by atoms with Gasteiger partial charge in [0.05, 0.1) is 30.7 Å². The predicted molar refractivity (Wildman–Crippen MR) is 116 cm³/mol. The molecule has 11 heteroatoms. The zero-order valence-electron chi connectivity index (χ0n) is 18.1. The first kappa shape index (κ1) is 22.2. The van der Waals surface area contributed by atoms with Crippen LogP contribution in [0.4, 0.5) is 5.95 Å². The number of pyridine rings is 1. The molecule has 2 amide bonds. The lowest BCUT2D eigenvalue weighted by Crippen LogP contribution is -2.36. The Balaban J connectivity index is 0.000000858. The van der Waals surface area contributed by atoms with Crippen LogP contribution in [-0.2, 0) is 16.6 Å². The fraction of sp³-hybridized carbons (Fsp3) is 0.450. The molecule has 0 radical (unpaired) electrons. The standard InChI is InChI=1S/C19H25N7O2.CH3NO/c1-4-24(5-2)18(27)15-13-20-23(3)17(15)14-6-7-26-16(12-14)21-19(22-26)25-8-10-28-11-9-25;2-1-3/h6-7,12-13H,4-5,8-11H2,1-3H3;1H,(H2,2,3). The zero-order chi connectivity index (χ0) is 22.4. The minimum atomic E-state index is -0.0107. The van der Waals surface area contributed by atoms with E-state index < -0.39 is 0 Å². The quantitative estimate of drug-likeness (QED) is 0.589. The molecule has 4 heterocycles. The van der Waals surface area contributed by atoms with E-state index in [1.165, 1.54) is 0 Å². The van der Waals surface area contributed by atoms with Gasteiger partial charge in [-0.05, 0) is 26.0 Å². The van der Waals surface area contributed by atoms with Crippen LogP contribution in [0.15, 0.2) is 24.5 Å². The van der Waals surface area contributed by atoms with E-state index in [2.05, 4.69) is 25.8 Å². The lowest BCUT2D eigenvalue weighted by molar-refractivity contribution is -0.106. The third kappa shape index (κ3) is 4.66. The second-order valence-corrected chi connectivity index (χ2v) is 6.87. The van der Waals surface area contributed by atoms with Gasteiger partial charge in [-0.15, -0.1) is 5.10 Å². The first-order chi connectivity index (χ1) is 15.0. The topological polar surface area (TPSA) is 124 Å². The normalized spacial score (nSPS) is 13.6. The maximum absolute atomic E-state index is 12.9. The Morgan fingerprint density at radius 1 is 1.29 bits per heavy atom. The van der Waals surface area contributed by atoms with E-state index in [1.807, 2.05) is 39.2 Å². The molecule has 0 aromatic carbocycles. The minimum Gasteiger partial charge on any atom is -0.378 e. The number of carbonyl (C=O) groups excluding carboxylic acids is 2. The van der Waals surface area contributed by atoms with Gasteiger partial charge in [0.2, 0.25) is 12.4 Å². The number of ether oxygens (including phenoxy) is 1. The predicted octanol–water partition coefficient (Wildman–Crippen LogP) is 0.550. The van der Waals surface area contributed by atoms with Gasteiger partial charge in [-0.2, -0.15) is 10.1 Å². The summed E-state index contributed by atoms with van der Waals surface area (Å²) < 4.78 is 8.90. The number of hydrogen-bond donors (Lipinski definition) is 1. The second kappa shape index (κ2) is 10.0. The van der Waals surface area contributed by atoms with Crippen molar-refractivity contribution in [1.82, 2.24) is 29.3 Å². The molecule has 2 N–H and O–H groups in total. The minimum absolute atomic E-state index is 0.0107. The van der Waals surface area contributed by atoms with E-state index in [0.29, 0.717) is 37.8 Å². The van der Waals surface area contributed by atoms with Crippen LogP contribution in [-0.4, -0.2) is 81.0 Å². The monoisotopic (exact) mass is 428 g/mol. The van der Waals surface area contributed by atoms with Crippen LogP contribution >= 0.6 is 0 Å². The summed E-state index contributed by atoms with van der Waals surface area (Å²) in [5.41, 5.74) is 7.18. The number of aromatic nitrogens is 5. The van der Waals surface area contributed by atoms with Gasteiger partial charge in [-0.3, -0.25) is 14.3 Å². The molecule has 0 bridgehead atoms. The van der Waals surface area contributed by atoms with Gasteiger partial charge in [0, 0.05) is 45.0 Å². The number of rotatable bonds is 5. The van der Waals surface area contributed by atoms with E-state index in [0.717, 1.165) is 30.0 Å². The summed E-state index contributed by atoms with van der Waals surface area (Å²) in [5, 5.41) is 8.90. The lowest BCUT2D eigenvalue weighted by Gasteiger charge is -2.25. The lowest BCUT2D eigenvalue weighted by atomic mass is 10.1. The number of morpholine rings is 1. The van der Waals surface area contributed by atoms with Gasteiger partial charge < -0.3 is 20.3 Å². The number of carbonyl (C=O) groups is 2. The smallest absolute Gasteiger partial charge is 0.257 e. The van der Waals surface area contributed by atoms with Crippen molar-refractivity contribution in [2.45, 2.75) is 13.8 Å². The highest BCUT2D eigenvalue weighted by Gasteiger charge is 2.22. The highest BCUT2D eigenvalue weighted by Crippen LogP contribution is 2.26. The average molecular weight is 428 g/mol. The zero-order valence-corrected chi connectivity index (χ0v) is 18.1. The van der Waals surface area contributed by atoms with Crippen LogP contribution in [0.25, 0.3) is 16.9 Å². The summed E-state index contributed by atoms with van der Waals surface area (Å²) in [6.45, 7) is 8.23. The van der Waals surface area contributed by atoms with Gasteiger partial charge >= 0.3 is 0 Å². The van der Waals surface area contributed by atoms with E-state index in [1.54, 1.807) is 20.3 Å². The Bertz CT molecular complexity index is 1030. The van der Waals surface area contributed by atoms with Gasteiger partial charge in [-0.25, -0.2) is 4.52 Å². The van der Waals surface area contributed by atoms with Gasteiger partial charge in [0.1, 0.15) is 0 Å². The first-order valence-corrected chi connectivity index (χ1v) is 10.2. The van der Waals surface area contributed by atoms with Crippen LogP contribution in [0, 0.1) is 0 Å². The average Bonchev–Trinajstić information content (AvgIpc) is 3.38. The van der Waals surface area contributed by atoms with Crippen molar-refractivity contribution in [3.8, 4) is 11.3 Å². The van der Waals surface area contributed by atoms with E-state index in [9.17, 15) is 4.79 Å². The van der Waals surface area contributed by atoms with Crippen molar-refractivity contribution in [2.75, 3.05) is 44.3 Å². The molecule has 3 aromatic rings. The highest BCUT2D eigenvalue weighted by atomic mass is 16.5. The number of aryl methyl sites for hydroxylation is 1. The van der Waals surface area contributed by atoms with Crippen LogP contribution in [0.2, 0.25) is 0 Å². The molecule has 3 aromatic heterocycles. The molecule has 0 aliphatic carbocycles. The van der Waals surface area contributed by atoms with Crippen LogP contribution < -0.4 is 10.6 Å². The van der Waals surface area contributed by atoms with E-state index in [4.69, 9.17) is 9.53 Å². The molecular weight excluding hydrogens is 400 g/mol. The fourth-order valence-corrected chi connectivity index (χ4v) is 3.53. The van der Waals surface area contributed by atoms with Gasteiger partial charge in [0.25, 0.3) is 5.91 Å². The van der Waals surface area contributed by atoms with Crippen molar-refractivity contribution >= 4 is 23.9 Å². The Hall–Kier alpha value is -3.47. The van der Waals surface area contributed by atoms with Crippen LogP contribution in [0.3, 0.4) is 0 Å². The summed E-state index contributed by atoms with van der Waals surface area (Å²) >= 11 is 0. The Kier molecular flexibility index (Phi) is 7.19. The van der Waals surface area contributed by atoms with Gasteiger partial charge in [0.15, 0.2) is 5.65 Å². The first-order valence-electron chi connectivity index (χ1n) is 10.2. The Morgan fingerprint density at radius 3 is 2.61 bits per heavy atom. The summed E-state index contributed by atoms with van der Waals surface area (Å²) in [7, 11) is 1.85. The molecule has 1 saturated heterocycles. The van der Waals surface area contributed by atoms with Crippen molar-refractivity contribution in [2.24, 2.45) is 12.8 Å². The molecule has 1 aliphatic rings. The molecule has 0 saturated carbocycles. The molecule has 166 valence electrons. The van der Waals surface area contributed by atoms with Crippen molar-refractivity contribution in [3.63, 3.8) is 0 Å². The number of fused-ring (bicyclic) bond motifs is 1. The molecule has 0 atom stereocenters. The Morgan fingerprint density at radius 2 is 1.97 bits per heavy atom. The van der Waals surface area contributed by atoms with Gasteiger partial charge in [-0.1, -0.05) is 0 Å². The third-order valence-corrected chi connectivity index (χ3v) is 5.11. The second-order valence-electron chi connectivity index (χ2n) is 6.87. The molecule has 11 nitrogen and oxygen atoms in total. The highest BCUT2D eigenvalue weighted by molar-refractivity contribution is 6.00. The van der Waals surface area contributed by atoms with Crippen molar-refractivity contribution in [3.05, 3.63) is 30.1 Å². The summed E-state index contributed by atoms with van der Waals surface area (Å²) in [6.07, 6.45) is 3.77. The summed E-state index contributed by atoms with van der Waals surface area (Å²) in [4.78, 5) is 30.1. The number of primary amides is 1. The number of hydrogen-bond acceptors (Lipinski definition) is 7. The molecule has 0 unspecified atom stereocenters. The number of nitrogens with two attached hydrogens (primary N) is 1. The molecule has 31 heavy (non-hydrogen) atoms. The maximum atomic E-state index is 12.9. The van der Waals surface area contributed by atoms with Crippen molar-refractivity contribution < 1.29 is 14.3 Å². The third-order valence-electron chi connectivity index (χ3n) is 5.11. The molecule has 1 fully saturated rings. The largest absolute Gasteiger partial charge is 0.378 e. The molecular formula is C20H28N8O3. The Labute approximate surface area is 180 Å². The number of amides is 2. The number of nitrogens with zero attached hydrogens (tertiary/aromatic N) is 7. The number of anilines is 1. The maximum Gasteiger partial charge on any atom is 0.257 e.